The monoisotopic (exact) mass is 515 g/mol. The van der Waals surface area contributed by atoms with Gasteiger partial charge < -0.3 is 29.0 Å². The Morgan fingerprint density at radius 2 is 1.48 bits per heavy atom. The standard InChI is InChI=1S/C24H22BrNO7/c1-29-19-13-18(21(25)23(31-3)22(19)30-2)24(28)32-14-20(27)26-15-9-11-17(12-10-15)33-16-7-5-4-6-8-16/h4-13H,14H2,1-3H3,(H,26,27). The zero-order chi connectivity index (χ0) is 23.8. The molecule has 0 fully saturated rings. The van der Waals surface area contributed by atoms with Crippen LogP contribution in [-0.4, -0.2) is 39.8 Å². The van der Waals surface area contributed by atoms with Crippen LogP contribution in [0.25, 0.3) is 0 Å². The van der Waals surface area contributed by atoms with Gasteiger partial charge in [-0.05, 0) is 58.4 Å². The fraction of sp³-hybridized carbons (Fsp3) is 0.167. The maximum Gasteiger partial charge on any atom is 0.340 e. The Morgan fingerprint density at radius 1 is 0.848 bits per heavy atom. The average Bonchev–Trinajstić information content (AvgIpc) is 2.84. The van der Waals surface area contributed by atoms with Crippen LogP contribution in [0.5, 0.6) is 28.7 Å². The number of esters is 1. The third kappa shape index (κ3) is 5.95. The molecule has 0 saturated heterocycles. The van der Waals surface area contributed by atoms with Crippen molar-refractivity contribution in [1.29, 1.82) is 0 Å². The number of amides is 1. The van der Waals surface area contributed by atoms with Gasteiger partial charge in [0.2, 0.25) is 5.75 Å². The van der Waals surface area contributed by atoms with Crippen LogP contribution in [-0.2, 0) is 9.53 Å². The highest BCUT2D eigenvalue weighted by atomic mass is 79.9. The van der Waals surface area contributed by atoms with E-state index in [1.807, 2.05) is 30.3 Å². The lowest BCUT2D eigenvalue weighted by Crippen LogP contribution is -2.21. The number of carbonyl (C=O) groups excluding carboxylic acids is 2. The molecule has 0 saturated carbocycles. The van der Waals surface area contributed by atoms with Crippen LogP contribution in [0.1, 0.15) is 10.4 Å². The van der Waals surface area contributed by atoms with Gasteiger partial charge in [0, 0.05) is 5.69 Å². The first-order chi connectivity index (χ1) is 16.0. The van der Waals surface area contributed by atoms with Crippen molar-refractivity contribution >= 4 is 33.5 Å². The van der Waals surface area contributed by atoms with E-state index in [1.165, 1.54) is 27.4 Å². The molecular weight excluding hydrogens is 494 g/mol. The molecular formula is C24H22BrNO7. The van der Waals surface area contributed by atoms with E-state index in [0.717, 1.165) is 0 Å². The molecule has 8 nitrogen and oxygen atoms in total. The number of halogens is 1. The van der Waals surface area contributed by atoms with E-state index >= 15 is 0 Å². The van der Waals surface area contributed by atoms with E-state index in [2.05, 4.69) is 21.2 Å². The fourth-order valence-electron chi connectivity index (χ4n) is 2.91. The van der Waals surface area contributed by atoms with Gasteiger partial charge in [-0.15, -0.1) is 0 Å². The number of nitrogens with one attached hydrogen (secondary N) is 1. The summed E-state index contributed by atoms with van der Waals surface area (Å²) in [6.07, 6.45) is 0. The Morgan fingerprint density at radius 3 is 2.09 bits per heavy atom. The van der Waals surface area contributed by atoms with Crippen LogP contribution >= 0.6 is 15.9 Å². The first-order valence-electron chi connectivity index (χ1n) is 9.75. The number of benzene rings is 3. The highest BCUT2D eigenvalue weighted by Crippen LogP contribution is 2.44. The van der Waals surface area contributed by atoms with Crippen molar-refractivity contribution in [1.82, 2.24) is 0 Å². The molecule has 1 amide bonds. The minimum Gasteiger partial charge on any atom is -0.493 e. The molecule has 0 aliphatic rings. The minimum absolute atomic E-state index is 0.125. The van der Waals surface area contributed by atoms with Crippen molar-refractivity contribution in [3.05, 3.63) is 70.7 Å². The molecule has 33 heavy (non-hydrogen) atoms. The molecule has 1 N–H and O–H groups in total. The van der Waals surface area contributed by atoms with Crippen molar-refractivity contribution in [2.45, 2.75) is 0 Å². The van der Waals surface area contributed by atoms with Gasteiger partial charge in [-0.2, -0.15) is 0 Å². The van der Waals surface area contributed by atoms with Gasteiger partial charge in [0.25, 0.3) is 5.91 Å². The zero-order valence-electron chi connectivity index (χ0n) is 18.2. The molecule has 0 atom stereocenters. The maximum atomic E-state index is 12.6. The van der Waals surface area contributed by atoms with E-state index in [0.29, 0.717) is 27.4 Å². The van der Waals surface area contributed by atoms with E-state index in [4.69, 9.17) is 23.7 Å². The van der Waals surface area contributed by atoms with Gasteiger partial charge in [-0.3, -0.25) is 4.79 Å². The van der Waals surface area contributed by atoms with Crippen molar-refractivity contribution < 1.29 is 33.3 Å². The molecule has 3 aromatic carbocycles. The molecule has 9 heteroatoms. The molecule has 0 heterocycles. The number of hydrogen-bond acceptors (Lipinski definition) is 7. The SMILES string of the molecule is COc1cc(C(=O)OCC(=O)Nc2ccc(Oc3ccccc3)cc2)c(Br)c(OC)c1OC. The summed E-state index contributed by atoms with van der Waals surface area (Å²) in [5.41, 5.74) is 0.658. The lowest BCUT2D eigenvalue weighted by Gasteiger charge is -2.16. The summed E-state index contributed by atoms with van der Waals surface area (Å²) in [4.78, 5) is 24.8. The third-order valence-electron chi connectivity index (χ3n) is 4.44. The Labute approximate surface area is 199 Å². The molecule has 0 unspecified atom stereocenters. The van der Waals surface area contributed by atoms with Gasteiger partial charge in [-0.25, -0.2) is 4.79 Å². The largest absolute Gasteiger partial charge is 0.493 e. The molecule has 0 aliphatic heterocycles. The number of rotatable bonds is 9. The summed E-state index contributed by atoms with van der Waals surface area (Å²) in [6, 6.07) is 17.6. The van der Waals surface area contributed by atoms with Gasteiger partial charge >= 0.3 is 5.97 Å². The summed E-state index contributed by atoms with van der Waals surface area (Å²) in [6.45, 7) is -0.482. The van der Waals surface area contributed by atoms with Crippen molar-refractivity contribution in [2.75, 3.05) is 33.3 Å². The number of methoxy groups -OCH3 is 3. The van der Waals surface area contributed by atoms with E-state index in [1.54, 1.807) is 24.3 Å². The van der Waals surface area contributed by atoms with Crippen molar-refractivity contribution in [3.8, 4) is 28.7 Å². The van der Waals surface area contributed by atoms with Crippen LogP contribution < -0.4 is 24.3 Å². The summed E-state index contributed by atoms with van der Waals surface area (Å²) >= 11 is 3.31. The van der Waals surface area contributed by atoms with Crippen LogP contribution in [0, 0.1) is 0 Å². The fourth-order valence-corrected chi connectivity index (χ4v) is 3.52. The van der Waals surface area contributed by atoms with Gasteiger partial charge in [0.15, 0.2) is 18.1 Å². The van der Waals surface area contributed by atoms with Gasteiger partial charge in [0.05, 0.1) is 31.4 Å². The third-order valence-corrected chi connectivity index (χ3v) is 5.23. The maximum absolute atomic E-state index is 12.6. The predicted octanol–water partition coefficient (Wildman–Crippen LogP) is 5.06. The molecule has 3 rings (SSSR count). The smallest absolute Gasteiger partial charge is 0.340 e. The average molecular weight is 516 g/mol. The van der Waals surface area contributed by atoms with Crippen LogP contribution in [0.2, 0.25) is 0 Å². The number of hydrogen-bond donors (Lipinski definition) is 1. The van der Waals surface area contributed by atoms with Crippen LogP contribution in [0.3, 0.4) is 0 Å². The molecule has 0 aromatic heterocycles. The first-order valence-corrected chi connectivity index (χ1v) is 10.5. The lowest BCUT2D eigenvalue weighted by atomic mass is 10.2. The Hall–Kier alpha value is -3.72. The molecule has 0 bridgehead atoms. The molecule has 3 aromatic rings. The Bertz CT molecular complexity index is 1120. The highest BCUT2D eigenvalue weighted by Gasteiger charge is 2.24. The number of ether oxygens (including phenoxy) is 5. The summed E-state index contributed by atoms with van der Waals surface area (Å²) < 4.78 is 27.0. The van der Waals surface area contributed by atoms with Gasteiger partial charge in [-0.1, -0.05) is 18.2 Å². The minimum atomic E-state index is -0.733. The summed E-state index contributed by atoms with van der Waals surface area (Å²) in [7, 11) is 4.32. The second kappa shape index (κ2) is 11.2. The number of para-hydroxylation sites is 1. The lowest BCUT2D eigenvalue weighted by molar-refractivity contribution is -0.119. The Kier molecular flexibility index (Phi) is 8.15. The normalized spacial score (nSPS) is 10.2. The first kappa shape index (κ1) is 23.9. The Balaban J connectivity index is 1.60. The quantitative estimate of drug-likeness (QED) is 0.398. The number of anilines is 1. The van der Waals surface area contributed by atoms with Crippen LogP contribution in [0.15, 0.2) is 65.1 Å². The van der Waals surface area contributed by atoms with E-state index in [-0.39, 0.29) is 17.1 Å². The second-order valence-electron chi connectivity index (χ2n) is 6.57. The highest BCUT2D eigenvalue weighted by molar-refractivity contribution is 9.10. The topological polar surface area (TPSA) is 92.3 Å². The van der Waals surface area contributed by atoms with Crippen molar-refractivity contribution in [2.24, 2.45) is 0 Å². The van der Waals surface area contributed by atoms with Crippen molar-refractivity contribution in [3.63, 3.8) is 0 Å². The molecule has 0 aliphatic carbocycles. The van der Waals surface area contributed by atoms with E-state index < -0.39 is 18.5 Å². The van der Waals surface area contributed by atoms with Crippen LogP contribution in [0.4, 0.5) is 5.69 Å². The summed E-state index contributed by atoms with van der Waals surface area (Å²) in [5.74, 6) is 0.974. The van der Waals surface area contributed by atoms with Gasteiger partial charge in [0.1, 0.15) is 11.5 Å². The second-order valence-corrected chi connectivity index (χ2v) is 7.36. The van der Waals surface area contributed by atoms with E-state index in [9.17, 15) is 9.59 Å². The molecule has 172 valence electrons. The molecule has 0 spiro atoms. The predicted molar refractivity (Wildman–Crippen MR) is 126 cm³/mol. The molecule has 0 radical (unpaired) electrons. The zero-order valence-corrected chi connectivity index (χ0v) is 19.8. The summed E-state index contributed by atoms with van der Waals surface area (Å²) in [5, 5.41) is 2.66. The number of carbonyl (C=O) groups is 2.